The van der Waals surface area contributed by atoms with E-state index in [0.29, 0.717) is 0 Å². The monoisotopic (exact) mass is 269 g/mol. The van der Waals surface area contributed by atoms with Gasteiger partial charge in [0.25, 0.3) is 0 Å². The number of aliphatic hydroxyl groups is 3. The van der Waals surface area contributed by atoms with Gasteiger partial charge in [-0.15, -0.1) is 0 Å². The van der Waals surface area contributed by atoms with Crippen molar-refractivity contribution in [3.8, 4) is 5.75 Å². The van der Waals surface area contributed by atoms with Gasteiger partial charge in [-0.3, -0.25) is 0 Å². The van der Waals surface area contributed by atoms with Crippen LogP contribution in [0.5, 0.6) is 5.75 Å². The van der Waals surface area contributed by atoms with Crippen LogP contribution in [0.1, 0.15) is 18.0 Å². The quantitative estimate of drug-likeness (QED) is 0.503. The molecule has 1 aliphatic rings. The summed E-state index contributed by atoms with van der Waals surface area (Å²) in [4.78, 5) is 0. The number of aromatic hydroxyl groups is 1. The Morgan fingerprint density at radius 2 is 1.84 bits per heavy atom. The van der Waals surface area contributed by atoms with E-state index in [1.807, 2.05) is 0 Å². The molecule has 0 aromatic heterocycles. The molecule has 106 valence electrons. The summed E-state index contributed by atoms with van der Waals surface area (Å²) in [7, 11) is 0. The number of benzene rings is 1. The predicted molar refractivity (Wildman–Crippen MR) is 67.1 cm³/mol. The summed E-state index contributed by atoms with van der Waals surface area (Å²) in [6.45, 7) is -0.0900. The van der Waals surface area contributed by atoms with Crippen LogP contribution >= 0.6 is 0 Å². The summed E-state index contributed by atoms with van der Waals surface area (Å²) < 4.78 is 4.98. The molecule has 1 aromatic rings. The molecule has 1 heterocycles. The molecule has 0 radical (unpaired) electrons. The number of rotatable bonds is 3. The maximum absolute atomic E-state index is 9.86. The maximum Gasteiger partial charge on any atom is 0.160 e. The largest absolute Gasteiger partial charge is 0.508 e. The molecule has 1 aromatic carbocycles. The van der Waals surface area contributed by atoms with E-state index in [0.717, 1.165) is 5.56 Å². The van der Waals surface area contributed by atoms with E-state index < -0.39 is 30.5 Å². The van der Waals surface area contributed by atoms with Crippen molar-refractivity contribution in [3.63, 3.8) is 0 Å². The molecule has 5 atom stereocenters. The zero-order chi connectivity index (χ0) is 14.0. The lowest BCUT2D eigenvalue weighted by molar-refractivity contribution is -0.232. The minimum atomic E-state index is -1.14. The molecule has 0 amide bonds. The van der Waals surface area contributed by atoms with Crippen molar-refractivity contribution in [2.75, 3.05) is 6.61 Å². The first-order valence-electron chi connectivity index (χ1n) is 6.19. The van der Waals surface area contributed by atoms with Crippen LogP contribution in [0.4, 0.5) is 0 Å². The lowest BCUT2D eigenvalue weighted by Gasteiger charge is -2.36. The first-order valence-corrected chi connectivity index (χ1v) is 6.19. The van der Waals surface area contributed by atoms with Gasteiger partial charge >= 0.3 is 0 Å². The molecule has 0 bridgehead atoms. The average molecular weight is 269 g/mol. The smallest absolute Gasteiger partial charge is 0.160 e. The molecule has 19 heavy (non-hydrogen) atoms. The van der Waals surface area contributed by atoms with Crippen LogP contribution < -0.4 is 5.73 Å². The highest BCUT2D eigenvalue weighted by molar-refractivity contribution is 5.27. The standard InChI is InChI=1S/C13H19NO5/c14-10(7-1-3-8(15)4-2-7)5-9-12(17)11(16)6-19-13(9)18/h1-4,9-13,15-18H,5-6,14H2/t9-,10?,11+,12+,13?/m1/s1. The Morgan fingerprint density at radius 3 is 2.47 bits per heavy atom. The molecule has 6 heteroatoms. The van der Waals surface area contributed by atoms with Gasteiger partial charge in [0, 0.05) is 12.0 Å². The third-order valence-corrected chi connectivity index (χ3v) is 3.48. The first kappa shape index (κ1) is 14.2. The number of nitrogens with two attached hydrogens (primary N) is 1. The van der Waals surface area contributed by atoms with Gasteiger partial charge in [0.15, 0.2) is 6.29 Å². The Bertz CT molecular complexity index is 410. The van der Waals surface area contributed by atoms with Crippen LogP contribution in [0, 0.1) is 5.92 Å². The van der Waals surface area contributed by atoms with Crippen LogP contribution in [-0.4, -0.2) is 45.5 Å². The van der Waals surface area contributed by atoms with Crippen molar-refractivity contribution in [2.45, 2.75) is 31.0 Å². The summed E-state index contributed by atoms with van der Waals surface area (Å²) >= 11 is 0. The fourth-order valence-corrected chi connectivity index (χ4v) is 2.28. The topological polar surface area (TPSA) is 116 Å². The predicted octanol–water partition coefficient (Wildman–Crippen LogP) is -0.531. The van der Waals surface area contributed by atoms with Crippen molar-refractivity contribution < 1.29 is 25.2 Å². The number of hydrogen-bond donors (Lipinski definition) is 5. The van der Waals surface area contributed by atoms with Gasteiger partial charge in [-0.2, -0.15) is 0 Å². The van der Waals surface area contributed by atoms with Gasteiger partial charge in [-0.25, -0.2) is 0 Å². The highest BCUT2D eigenvalue weighted by atomic mass is 16.6. The van der Waals surface area contributed by atoms with E-state index in [-0.39, 0.29) is 18.8 Å². The molecule has 0 saturated carbocycles. The zero-order valence-electron chi connectivity index (χ0n) is 10.4. The molecule has 1 saturated heterocycles. The van der Waals surface area contributed by atoms with E-state index in [4.69, 9.17) is 10.5 Å². The third kappa shape index (κ3) is 3.23. The average Bonchev–Trinajstić information content (AvgIpc) is 2.40. The fourth-order valence-electron chi connectivity index (χ4n) is 2.28. The summed E-state index contributed by atoms with van der Waals surface area (Å²) in [6.07, 6.45) is -2.95. The van der Waals surface area contributed by atoms with Gasteiger partial charge in [0.05, 0.1) is 12.7 Å². The van der Waals surface area contributed by atoms with Crippen LogP contribution in [0.25, 0.3) is 0 Å². The minimum Gasteiger partial charge on any atom is -0.508 e. The Balaban J connectivity index is 2.04. The van der Waals surface area contributed by atoms with Gasteiger partial charge in [0.2, 0.25) is 0 Å². The van der Waals surface area contributed by atoms with E-state index in [1.54, 1.807) is 12.1 Å². The Kier molecular flexibility index (Phi) is 4.38. The molecule has 6 nitrogen and oxygen atoms in total. The normalized spacial score (nSPS) is 33.1. The van der Waals surface area contributed by atoms with Gasteiger partial charge in [-0.05, 0) is 24.1 Å². The molecule has 2 unspecified atom stereocenters. The number of hydrogen-bond acceptors (Lipinski definition) is 6. The molecule has 2 rings (SSSR count). The maximum atomic E-state index is 9.86. The number of ether oxygens (including phenoxy) is 1. The van der Waals surface area contributed by atoms with Gasteiger partial charge in [-0.1, -0.05) is 12.1 Å². The molecular weight excluding hydrogens is 250 g/mol. The number of phenolic OH excluding ortho intramolecular Hbond substituents is 1. The third-order valence-electron chi connectivity index (χ3n) is 3.48. The van der Waals surface area contributed by atoms with Gasteiger partial charge in [0.1, 0.15) is 11.9 Å². The van der Waals surface area contributed by atoms with Crippen LogP contribution in [-0.2, 0) is 4.74 Å². The molecule has 1 aliphatic heterocycles. The Labute approximate surface area is 111 Å². The van der Waals surface area contributed by atoms with E-state index >= 15 is 0 Å². The van der Waals surface area contributed by atoms with E-state index in [1.165, 1.54) is 12.1 Å². The highest BCUT2D eigenvalue weighted by Gasteiger charge is 2.38. The van der Waals surface area contributed by atoms with Crippen molar-refractivity contribution in [1.82, 2.24) is 0 Å². The zero-order valence-corrected chi connectivity index (χ0v) is 10.4. The Morgan fingerprint density at radius 1 is 1.21 bits per heavy atom. The van der Waals surface area contributed by atoms with Crippen molar-refractivity contribution >= 4 is 0 Å². The molecule has 0 aliphatic carbocycles. The Hall–Kier alpha value is -1.18. The second-order valence-electron chi connectivity index (χ2n) is 4.88. The molecule has 6 N–H and O–H groups in total. The SMILES string of the molecule is NC(C[C@H]1C(O)OC[C@H](O)[C@H]1O)c1ccc(O)cc1. The van der Waals surface area contributed by atoms with E-state index in [9.17, 15) is 20.4 Å². The molecule has 1 fully saturated rings. The number of phenols is 1. The first-order chi connectivity index (χ1) is 8.99. The molecule has 0 spiro atoms. The van der Waals surface area contributed by atoms with Crippen molar-refractivity contribution in [3.05, 3.63) is 29.8 Å². The molecular formula is C13H19NO5. The lowest BCUT2D eigenvalue weighted by atomic mass is 9.87. The van der Waals surface area contributed by atoms with E-state index in [2.05, 4.69) is 0 Å². The van der Waals surface area contributed by atoms with Crippen molar-refractivity contribution in [1.29, 1.82) is 0 Å². The highest BCUT2D eigenvalue weighted by Crippen LogP contribution is 2.29. The summed E-state index contributed by atoms with van der Waals surface area (Å²) in [6, 6.07) is 5.98. The van der Waals surface area contributed by atoms with Crippen LogP contribution in [0.2, 0.25) is 0 Å². The minimum absolute atomic E-state index is 0.0900. The van der Waals surface area contributed by atoms with Crippen LogP contribution in [0.15, 0.2) is 24.3 Å². The summed E-state index contributed by atoms with van der Waals surface area (Å²) in [5.74, 6) is -0.500. The lowest BCUT2D eigenvalue weighted by Crippen LogP contribution is -2.49. The van der Waals surface area contributed by atoms with Crippen LogP contribution in [0.3, 0.4) is 0 Å². The second kappa shape index (κ2) is 5.85. The second-order valence-corrected chi connectivity index (χ2v) is 4.88. The fraction of sp³-hybridized carbons (Fsp3) is 0.538. The summed E-state index contributed by atoms with van der Waals surface area (Å²) in [5, 5.41) is 38.3. The number of aliphatic hydroxyl groups excluding tert-OH is 3. The summed E-state index contributed by atoms with van der Waals surface area (Å²) in [5.41, 5.74) is 6.78. The van der Waals surface area contributed by atoms with Crippen molar-refractivity contribution in [2.24, 2.45) is 11.7 Å². The van der Waals surface area contributed by atoms with Gasteiger partial charge < -0.3 is 30.9 Å².